The minimum atomic E-state index is -0.375. The molecule has 0 spiro atoms. The molecule has 0 fully saturated rings. The van der Waals surface area contributed by atoms with Gasteiger partial charge in [0.25, 0.3) is 5.91 Å². The van der Waals surface area contributed by atoms with Gasteiger partial charge in [-0.1, -0.05) is 42.5 Å². The normalized spacial score (nSPS) is 15.3. The second-order valence-corrected chi connectivity index (χ2v) is 7.42. The molecule has 1 amide bonds. The lowest BCUT2D eigenvalue weighted by Crippen LogP contribution is -2.43. The summed E-state index contributed by atoms with van der Waals surface area (Å²) in [6, 6.07) is 25.3. The number of fused-ring (bicyclic) bond motifs is 1. The Labute approximate surface area is 180 Å². The molecule has 6 heteroatoms. The van der Waals surface area contributed by atoms with E-state index in [1.54, 1.807) is 12.0 Å². The van der Waals surface area contributed by atoms with E-state index in [-0.39, 0.29) is 12.1 Å². The highest BCUT2D eigenvalue weighted by molar-refractivity contribution is 6.12. The Morgan fingerprint density at radius 3 is 2.48 bits per heavy atom. The molecular formula is C25H22N4O2. The zero-order valence-electron chi connectivity index (χ0n) is 17.1. The third kappa shape index (κ3) is 3.64. The second-order valence-electron chi connectivity index (χ2n) is 7.42. The van der Waals surface area contributed by atoms with E-state index in [0.717, 1.165) is 22.7 Å². The van der Waals surface area contributed by atoms with Gasteiger partial charge in [-0.25, -0.2) is 0 Å². The highest BCUT2D eigenvalue weighted by Crippen LogP contribution is 2.37. The summed E-state index contributed by atoms with van der Waals surface area (Å²) in [7, 11) is 1.63. The molecule has 6 nitrogen and oxygen atoms in total. The van der Waals surface area contributed by atoms with E-state index in [1.807, 2.05) is 83.8 Å². The summed E-state index contributed by atoms with van der Waals surface area (Å²) in [6.45, 7) is 0.667. The molecular weight excluding hydrogens is 388 g/mol. The lowest BCUT2D eigenvalue weighted by molar-refractivity contribution is 0.0975. The van der Waals surface area contributed by atoms with Gasteiger partial charge in [0, 0.05) is 23.1 Å². The van der Waals surface area contributed by atoms with Gasteiger partial charge in [0.1, 0.15) is 11.9 Å². The van der Waals surface area contributed by atoms with Crippen LogP contribution in [0.5, 0.6) is 5.75 Å². The number of aromatic nitrogens is 2. The van der Waals surface area contributed by atoms with Crippen LogP contribution in [0, 0.1) is 0 Å². The quantitative estimate of drug-likeness (QED) is 0.518. The fourth-order valence-electron chi connectivity index (χ4n) is 3.87. The molecule has 2 heterocycles. The van der Waals surface area contributed by atoms with Gasteiger partial charge in [0.05, 0.1) is 25.4 Å². The van der Waals surface area contributed by atoms with Crippen molar-refractivity contribution in [3.05, 3.63) is 108 Å². The fourth-order valence-corrected chi connectivity index (χ4v) is 3.87. The topological polar surface area (TPSA) is 59.4 Å². The molecule has 0 aliphatic carbocycles. The van der Waals surface area contributed by atoms with Crippen LogP contribution in [0.3, 0.4) is 0 Å². The number of carbonyl (C=O) groups excluding carboxylic acids is 1. The first kappa shape index (κ1) is 18.9. The van der Waals surface area contributed by atoms with Crippen LogP contribution in [0.2, 0.25) is 0 Å². The average molecular weight is 410 g/mol. The van der Waals surface area contributed by atoms with E-state index in [2.05, 4.69) is 22.5 Å². The summed E-state index contributed by atoms with van der Waals surface area (Å²) < 4.78 is 7.17. The van der Waals surface area contributed by atoms with Gasteiger partial charge in [-0.3, -0.25) is 14.4 Å². The van der Waals surface area contributed by atoms with Crippen molar-refractivity contribution in [1.82, 2.24) is 9.78 Å². The van der Waals surface area contributed by atoms with Crippen molar-refractivity contribution in [1.29, 1.82) is 0 Å². The van der Waals surface area contributed by atoms with Gasteiger partial charge in [0.15, 0.2) is 0 Å². The number of anilines is 2. The first-order valence-electron chi connectivity index (χ1n) is 10.1. The molecule has 1 aromatic heterocycles. The number of methoxy groups -OCH3 is 1. The molecule has 5 rings (SSSR count). The number of rotatable bonds is 5. The minimum Gasteiger partial charge on any atom is -0.497 e. The first-order valence-corrected chi connectivity index (χ1v) is 10.1. The zero-order chi connectivity index (χ0) is 21.2. The first-order chi connectivity index (χ1) is 15.2. The molecule has 1 N–H and O–H groups in total. The summed E-state index contributed by atoms with van der Waals surface area (Å²) in [5.41, 5.74) is 4.33. The van der Waals surface area contributed by atoms with E-state index in [9.17, 15) is 4.79 Å². The van der Waals surface area contributed by atoms with Gasteiger partial charge in [0.2, 0.25) is 0 Å². The Balaban J connectivity index is 1.52. The van der Waals surface area contributed by atoms with Crippen LogP contribution >= 0.6 is 0 Å². The van der Waals surface area contributed by atoms with E-state index in [1.165, 1.54) is 5.56 Å². The largest absolute Gasteiger partial charge is 0.497 e. The van der Waals surface area contributed by atoms with E-state index in [4.69, 9.17) is 4.74 Å². The molecule has 0 bridgehead atoms. The number of benzene rings is 3. The molecule has 1 aliphatic heterocycles. The maximum atomic E-state index is 13.5. The number of hydrogen-bond donors (Lipinski definition) is 1. The van der Waals surface area contributed by atoms with Crippen molar-refractivity contribution in [2.45, 2.75) is 12.7 Å². The lowest BCUT2D eigenvalue weighted by Gasteiger charge is -2.37. The molecule has 31 heavy (non-hydrogen) atoms. The average Bonchev–Trinajstić information content (AvgIpc) is 3.28. The maximum absolute atomic E-state index is 13.5. The molecule has 1 atom stereocenters. The van der Waals surface area contributed by atoms with Gasteiger partial charge >= 0.3 is 0 Å². The van der Waals surface area contributed by atoms with Gasteiger partial charge < -0.3 is 10.1 Å². The van der Waals surface area contributed by atoms with Crippen molar-refractivity contribution in [3.63, 3.8) is 0 Å². The predicted molar refractivity (Wildman–Crippen MR) is 120 cm³/mol. The number of carbonyl (C=O) groups is 1. The monoisotopic (exact) mass is 410 g/mol. The van der Waals surface area contributed by atoms with Crippen LogP contribution in [-0.4, -0.2) is 22.8 Å². The standard InChI is InChI=1S/C25H22N4O2/c1-31-21-13-11-20(12-14-21)29-24(27-23-10-6-5-9-22(23)25(29)30)19-15-26-28(17-19)16-18-7-3-2-4-8-18/h2-15,17,24,27H,16H2,1H3/t24-/m0/s1. The Hall–Kier alpha value is -4.06. The van der Waals surface area contributed by atoms with E-state index in [0.29, 0.717) is 12.1 Å². The Morgan fingerprint density at radius 1 is 0.968 bits per heavy atom. The van der Waals surface area contributed by atoms with Crippen LogP contribution in [-0.2, 0) is 6.54 Å². The highest BCUT2D eigenvalue weighted by Gasteiger charge is 2.34. The Kier molecular flexibility index (Phi) is 4.88. The van der Waals surface area contributed by atoms with Gasteiger partial charge in [-0.05, 0) is 42.0 Å². The van der Waals surface area contributed by atoms with Crippen LogP contribution in [0.4, 0.5) is 11.4 Å². The molecule has 4 aromatic rings. The van der Waals surface area contributed by atoms with Gasteiger partial charge in [-0.2, -0.15) is 5.10 Å². The van der Waals surface area contributed by atoms with Crippen LogP contribution < -0.4 is 15.0 Å². The molecule has 0 radical (unpaired) electrons. The minimum absolute atomic E-state index is 0.0553. The van der Waals surface area contributed by atoms with Crippen molar-refractivity contribution in [2.24, 2.45) is 0 Å². The molecule has 1 aliphatic rings. The fraction of sp³-hybridized carbons (Fsp3) is 0.120. The van der Waals surface area contributed by atoms with Crippen molar-refractivity contribution in [2.75, 3.05) is 17.3 Å². The molecule has 3 aromatic carbocycles. The SMILES string of the molecule is COc1ccc(N2C(=O)c3ccccc3N[C@@H]2c2cnn(Cc3ccccc3)c2)cc1. The second kappa shape index (κ2) is 7.99. The third-order valence-electron chi connectivity index (χ3n) is 5.43. The number of nitrogens with one attached hydrogen (secondary N) is 1. The summed E-state index contributed by atoms with van der Waals surface area (Å²) >= 11 is 0. The van der Waals surface area contributed by atoms with Crippen LogP contribution in [0.25, 0.3) is 0 Å². The van der Waals surface area contributed by atoms with Crippen LogP contribution in [0.1, 0.15) is 27.7 Å². The molecule has 0 saturated heterocycles. The number of nitrogens with zero attached hydrogens (tertiary/aromatic N) is 3. The number of amides is 1. The highest BCUT2D eigenvalue weighted by atomic mass is 16.5. The summed E-state index contributed by atoms with van der Waals surface area (Å²) in [4.78, 5) is 15.3. The lowest BCUT2D eigenvalue weighted by atomic mass is 10.0. The van der Waals surface area contributed by atoms with Gasteiger partial charge in [-0.15, -0.1) is 0 Å². The van der Waals surface area contributed by atoms with Crippen molar-refractivity contribution in [3.8, 4) is 5.75 Å². The predicted octanol–water partition coefficient (Wildman–Crippen LogP) is 4.71. The molecule has 0 unspecified atom stereocenters. The third-order valence-corrected chi connectivity index (χ3v) is 5.43. The maximum Gasteiger partial charge on any atom is 0.262 e. The number of para-hydroxylation sites is 1. The Morgan fingerprint density at radius 2 is 1.71 bits per heavy atom. The van der Waals surface area contributed by atoms with Crippen molar-refractivity contribution < 1.29 is 9.53 Å². The summed E-state index contributed by atoms with van der Waals surface area (Å²) in [6.07, 6.45) is 3.43. The zero-order valence-corrected chi connectivity index (χ0v) is 17.1. The molecule has 0 saturated carbocycles. The van der Waals surface area contributed by atoms with Crippen LogP contribution in [0.15, 0.2) is 91.3 Å². The molecule has 154 valence electrons. The number of ether oxygens (including phenoxy) is 1. The summed E-state index contributed by atoms with van der Waals surface area (Å²) in [5.74, 6) is 0.689. The summed E-state index contributed by atoms with van der Waals surface area (Å²) in [5, 5.41) is 8.06. The Bertz CT molecular complexity index is 1200. The number of hydrogen-bond acceptors (Lipinski definition) is 4. The smallest absolute Gasteiger partial charge is 0.262 e. The van der Waals surface area contributed by atoms with E-state index >= 15 is 0 Å². The van der Waals surface area contributed by atoms with E-state index < -0.39 is 0 Å². The van der Waals surface area contributed by atoms with Crippen molar-refractivity contribution >= 4 is 17.3 Å².